The lowest BCUT2D eigenvalue weighted by Crippen LogP contribution is -2.19. The van der Waals surface area contributed by atoms with Gasteiger partial charge in [0.2, 0.25) is 0 Å². The molecule has 5 nitrogen and oxygen atoms in total. The van der Waals surface area contributed by atoms with E-state index >= 15 is 0 Å². The van der Waals surface area contributed by atoms with Gasteiger partial charge in [0.1, 0.15) is 22.3 Å². The molecule has 0 radical (unpaired) electrons. The van der Waals surface area contributed by atoms with Crippen molar-refractivity contribution in [2.24, 2.45) is 0 Å². The van der Waals surface area contributed by atoms with Gasteiger partial charge >= 0.3 is 0 Å². The van der Waals surface area contributed by atoms with Gasteiger partial charge in [0.15, 0.2) is 0 Å². The quantitative estimate of drug-likeness (QED) is 0.172. The number of nitrogens with zero attached hydrogens (tertiary/aromatic N) is 3. The topological polar surface area (TPSA) is 97.6 Å². The minimum atomic E-state index is -0.255. The van der Waals surface area contributed by atoms with Gasteiger partial charge in [-0.25, -0.2) is 0 Å². The Kier molecular flexibility index (Phi) is 8.86. The number of hydrogen-bond acceptors (Lipinski definition) is 5. The number of rotatable bonds is 5. The maximum absolute atomic E-state index is 10.8. The molecule has 2 unspecified atom stereocenters. The zero-order valence-corrected chi connectivity index (χ0v) is 36.1. The summed E-state index contributed by atoms with van der Waals surface area (Å²) in [4.78, 5) is 0. The highest BCUT2D eigenvalue weighted by Crippen LogP contribution is 2.50. The van der Waals surface area contributed by atoms with Crippen LogP contribution >= 0.6 is 0 Å². The fourth-order valence-electron chi connectivity index (χ4n) is 10.5. The number of benzene rings is 9. The highest BCUT2D eigenvalue weighted by Gasteiger charge is 2.34. The van der Waals surface area contributed by atoms with Gasteiger partial charge in [-0.15, -0.1) is 0 Å². The van der Waals surface area contributed by atoms with Gasteiger partial charge in [-0.2, -0.15) is 15.8 Å². The van der Waals surface area contributed by atoms with Crippen LogP contribution < -0.4 is 0 Å². The average molecular weight is 844 g/mol. The smallest absolute Gasteiger partial charge is 0.136 e. The molecule has 11 aromatic rings. The zero-order valence-electron chi connectivity index (χ0n) is 36.1. The Balaban J connectivity index is 1.00. The maximum Gasteiger partial charge on any atom is 0.136 e. The molecule has 0 N–H and O–H groups in total. The summed E-state index contributed by atoms with van der Waals surface area (Å²) in [5.74, 6) is -0.337. The number of hydrogen-bond donors (Lipinski definition) is 0. The van der Waals surface area contributed by atoms with Crippen molar-refractivity contribution in [3.05, 3.63) is 226 Å². The number of aryl methyl sites for hydroxylation is 1. The lowest BCUT2D eigenvalue weighted by atomic mass is 9.68. The van der Waals surface area contributed by atoms with Crippen molar-refractivity contribution in [2.45, 2.75) is 25.7 Å². The van der Waals surface area contributed by atoms with E-state index in [1.807, 2.05) is 66.7 Å². The van der Waals surface area contributed by atoms with E-state index in [2.05, 4.69) is 141 Å². The molecule has 0 amide bonds. The first-order valence-corrected chi connectivity index (χ1v) is 22.1. The standard InChI is InChI=1S/C61H37N3O2/c1-35-23-44(33-63)54(42-11-7-9-38(25-42)40-18-21-48-46-13-3-5-15-57(46)65-59(48)28-40)30-51(35)61-50-20-17-37(32-62)24-52(50)36(2)53-27-45(34-64)55(31-56(53)61)43-12-8-10-39(26-43)41-19-22-49-47-14-4-6-16-58(47)66-60(49)29-41/h3-31,36,61H,1-2H3. The number of nitriles is 3. The molecule has 2 aromatic heterocycles. The summed E-state index contributed by atoms with van der Waals surface area (Å²) >= 11 is 0. The third-order valence-corrected chi connectivity index (χ3v) is 13.7. The van der Waals surface area contributed by atoms with E-state index in [9.17, 15) is 15.8 Å². The van der Waals surface area contributed by atoms with Crippen molar-refractivity contribution < 1.29 is 8.83 Å². The van der Waals surface area contributed by atoms with Gasteiger partial charge in [0.05, 0.1) is 34.9 Å². The Morgan fingerprint density at radius 3 is 1.45 bits per heavy atom. The van der Waals surface area contributed by atoms with Crippen molar-refractivity contribution in [2.75, 3.05) is 0 Å². The molecule has 0 saturated carbocycles. The van der Waals surface area contributed by atoms with Crippen molar-refractivity contribution >= 4 is 43.9 Å². The van der Waals surface area contributed by atoms with Gasteiger partial charge in [0, 0.05) is 33.4 Å². The van der Waals surface area contributed by atoms with Gasteiger partial charge in [-0.05, 0) is 170 Å². The highest BCUT2D eigenvalue weighted by atomic mass is 16.3. The Labute approximate surface area is 381 Å². The van der Waals surface area contributed by atoms with E-state index in [1.165, 1.54) is 0 Å². The first kappa shape index (κ1) is 38.7. The second-order valence-corrected chi connectivity index (χ2v) is 17.4. The van der Waals surface area contributed by atoms with Crippen LogP contribution in [-0.4, -0.2) is 0 Å². The molecule has 2 atom stereocenters. The number of para-hydroxylation sites is 2. The van der Waals surface area contributed by atoms with Crippen molar-refractivity contribution in [3.8, 4) is 62.7 Å². The Morgan fingerprint density at radius 2 is 0.879 bits per heavy atom. The molecular weight excluding hydrogens is 807 g/mol. The van der Waals surface area contributed by atoms with E-state index in [0.29, 0.717) is 16.7 Å². The minimum Gasteiger partial charge on any atom is -0.456 e. The normalized spacial score (nSPS) is 14.2. The highest BCUT2D eigenvalue weighted by molar-refractivity contribution is 6.07. The molecule has 66 heavy (non-hydrogen) atoms. The monoisotopic (exact) mass is 843 g/mol. The predicted molar refractivity (Wildman–Crippen MR) is 263 cm³/mol. The molecule has 0 bridgehead atoms. The van der Waals surface area contributed by atoms with Crippen molar-refractivity contribution in [3.63, 3.8) is 0 Å². The average Bonchev–Trinajstić information content (AvgIpc) is 3.94. The largest absolute Gasteiger partial charge is 0.456 e. The summed E-state index contributed by atoms with van der Waals surface area (Å²) < 4.78 is 12.5. The van der Waals surface area contributed by atoms with Gasteiger partial charge in [0.25, 0.3) is 0 Å². The zero-order chi connectivity index (χ0) is 44.6. The molecule has 9 aromatic carbocycles. The van der Waals surface area contributed by atoms with Crippen LogP contribution in [0.3, 0.4) is 0 Å². The summed E-state index contributed by atoms with van der Waals surface area (Å²) in [6, 6.07) is 67.5. The van der Waals surface area contributed by atoms with Crippen LogP contribution in [-0.2, 0) is 0 Å². The van der Waals surface area contributed by atoms with E-state index in [1.54, 1.807) is 0 Å². The second kappa shape index (κ2) is 15.1. The van der Waals surface area contributed by atoms with E-state index in [-0.39, 0.29) is 11.8 Å². The summed E-state index contributed by atoms with van der Waals surface area (Å²) in [7, 11) is 0. The van der Waals surface area contributed by atoms with Gasteiger partial charge in [-0.3, -0.25) is 0 Å². The van der Waals surface area contributed by atoms with Gasteiger partial charge < -0.3 is 8.83 Å². The van der Waals surface area contributed by atoms with Gasteiger partial charge in [-0.1, -0.05) is 97.9 Å². The first-order valence-electron chi connectivity index (χ1n) is 22.1. The summed E-state index contributed by atoms with van der Waals surface area (Å²) in [6.45, 7) is 4.24. The molecule has 5 heteroatoms. The molecule has 1 aliphatic rings. The summed E-state index contributed by atoms with van der Waals surface area (Å²) in [6.07, 6.45) is 0. The van der Waals surface area contributed by atoms with Crippen LogP contribution in [0.2, 0.25) is 0 Å². The minimum absolute atomic E-state index is 0.0819. The van der Waals surface area contributed by atoms with E-state index in [0.717, 1.165) is 122 Å². The Hall–Kier alpha value is -8.95. The molecule has 0 fully saturated rings. The molecule has 2 heterocycles. The summed E-state index contributed by atoms with van der Waals surface area (Å²) in [5.41, 5.74) is 19.1. The Bertz CT molecular complexity index is 3980. The van der Waals surface area contributed by atoms with Crippen molar-refractivity contribution in [1.82, 2.24) is 0 Å². The lowest BCUT2D eigenvalue weighted by molar-refractivity contribution is 0.668. The van der Waals surface area contributed by atoms with Crippen LogP contribution in [0.1, 0.15) is 68.8 Å². The third-order valence-electron chi connectivity index (χ3n) is 13.7. The number of furan rings is 2. The van der Waals surface area contributed by atoms with Crippen LogP contribution in [0.15, 0.2) is 185 Å². The molecule has 0 aliphatic heterocycles. The summed E-state index contributed by atoms with van der Waals surface area (Å²) in [5, 5.41) is 35.9. The van der Waals surface area contributed by atoms with Crippen LogP contribution in [0.25, 0.3) is 88.4 Å². The molecule has 0 spiro atoms. The lowest BCUT2D eigenvalue weighted by Gasteiger charge is -2.35. The van der Waals surface area contributed by atoms with Crippen LogP contribution in [0.5, 0.6) is 0 Å². The molecule has 1 aliphatic carbocycles. The molecule has 0 saturated heterocycles. The van der Waals surface area contributed by atoms with E-state index < -0.39 is 0 Å². The maximum atomic E-state index is 10.8. The fourth-order valence-corrected chi connectivity index (χ4v) is 10.5. The second-order valence-electron chi connectivity index (χ2n) is 17.4. The SMILES string of the molecule is Cc1cc(C#N)c(-c2cccc(-c3ccc4c(c3)oc3ccccc34)c2)cc1C1c2ccc(C#N)cc2C(C)c2cc(C#N)c(-c3cccc(-c4ccc5c(c4)oc4ccccc45)c3)cc21. The molecule has 308 valence electrons. The predicted octanol–water partition coefficient (Wildman–Crippen LogP) is 15.7. The number of fused-ring (bicyclic) bond motifs is 8. The molecule has 12 rings (SSSR count). The fraction of sp³-hybridized carbons (Fsp3) is 0.0656. The third kappa shape index (κ3) is 6.12. The van der Waals surface area contributed by atoms with Crippen molar-refractivity contribution in [1.29, 1.82) is 15.8 Å². The van der Waals surface area contributed by atoms with Crippen LogP contribution in [0, 0.1) is 40.9 Å². The van der Waals surface area contributed by atoms with Crippen LogP contribution in [0.4, 0.5) is 0 Å². The Morgan fingerprint density at radius 1 is 0.379 bits per heavy atom. The first-order chi connectivity index (χ1) is 32.4. The van der Waals surface area contributed by atoms with E-state index in [4.69, 9.17) is 8.83 Å². The molecular formula is C61H37N3O2.